The number of hydrogen-bond acceptors (Lipinski definition) is 3. The van der Waals surface area contributed by atoms with E-state index in [0.29, 0.717) is 12.3 Å². The SMILES string of the molecule is CCCOc1ccc(NC(=O)C[C@@H](C)CC(=O)O)cc1. The highest BCUT2D eigenvalue weighted by Gasteiger charge is 2.12. The van der Waals surface area contributed by atoms with Gasteiger partial charge in [-0.1, -0.05) is 13.8 Å². The average Bonchev–Trinajstić information content (AvgIpc) is 2.36. The summed E-state index contributed by atoms with van der Waals surface area (Å²) in [5.74, 6) is -0.479. The number of benzene rings is 1. The summed E-state index contributed by atoms with van der Waals surface area (Å²) in [6, 6.07) is 7.13. The second-order valence-electron chi connectivity index (χ2n) is 4.83. The van der Waals surface area contributed by atoms with Crippen LogP contribution in [0.25, 0.3) is 0 Å². The first-order chi connectivity index (χ1) is 9.51. The van der Waals surface area contributed by atoms with Gasteiger partial charge in [-0.05, 0) is 36.6 Å². The predicted molar refractivity (Wildman–Crippen MR) is 76.9 cm³/mol. The minimum Gasteiger partial charge on any atom is -0.494 e. The summed E-state index contributed by atoms with van der Waals surface area (Å²) < 4.78 is 5.45. The van der Waals surface area contributed by atoms with E-state index >= 15 is 0 Å². The third-order valence-corrected chi connectivity index (χ3v) is 2.67. The van der Waals surface area contributed by atoms with Crippen LogP contribution in [-0.4, -0.2) is 23.6 Å². The van der Waals surface area contributed by atoms with Gasteiger partial charge >= 0.3 is 5.97 Å². The molecule has 0 unspecified atom stereocenters. The maximum Gasteiger partial charge on any atom is 0.303 e. The number of carbonyl (C=O) groups excluding carboxylic acids is 1. The monoisotopic (exact) mass is 279 g/mol. The zero-order chi connectivity index (χ0) is 15.0. The van der Waals surface area contributed by atoms with Crippen LogP contribution in [0.1, 0.15) is 33.1 Å². The van der Waals surface area contributed by atoms with E-state index in [4.69, 9.17) is 9.84 Å². The average molecular weight is 279 g/mol. The smallest absolute Gasteiger partial charge is 0.303 e. The molecule has 1 amide bonds. The molecule has 0 aliphatic carbocycles. The van der Waals surface area contributed by atoms with Crippen LogP contribution >= 0.6 is 0 Å². The molecule has 1 atom stereocenters. The number of hydrogen-bond donors (Lipinski definition) is 2. The van der Waals surface area contributed by atoms with Gasteiger partial charge in [-0.2, -0.15) is 0 Å². The van der Waals surface area contributed by atoms with Crippen molar-refractivity contribution < 1.29 is 19.4 Å². The van der Waals surface area contributed by atoms with Crippen LogP contribution in [0.4, 0.5) is 5.69 Å². The highest BCUT2D eigenvalue weighted by Crippen LogP contribution is 2.17. The van der Waals surface area contributed by atoms with Crippen molar-refractivity contribution in [3.8, 4) is 5.75 Å². The largest absolute Gasteiger partial charge is 0.494 e. The summed E-state index contributed by atoms with van der Waals surface area (Å²) in [4.78, 5) is 22.3. The Bertz CT molecular complexity index is 442. The first-order valence-electron chi connectivity index (χ1n) is 6.75. The number of rotatable bonds is 8. The summed E-state index contributed by atoms with van der Waals surface area (Å²) >= 11 is 0. The van der Waals surface area contributed by atoms with E-state index in [9.17, 15) is 9.59 Å². The number of carboxylic acids is 1. The normalized spacial score (nSPS) is 11.7. The Balaban J connectivity index is 2.43. The summed E-state index contributed by atoms with van der Waals surface area (Å²) in [6.45, 7) is 4.45. The van der Waals surface area contributed by atoms with Crippen LogP contribution in [-0.2, 0) is 9.59 Å². The second kappa shape index (κ2) is 8.19. The number of ether oxygens (including phenoxy) is 1. The summed E-state index contributed by atoms with van der Waals surface area (Å²) in [5.41, 5.74) is 0.682. The number of anilines is 1. The Morgan fingerprint density at radius 2 is 1.90 bits per heavy atom. The van der Waals surface area contributed by atoms with Gasteiger partial charge in [-0.25, -0.2) is 0 Å². The molecule has 2 N–H and O–H groups in total. The molecule has 110 valence electrons. The summed E-state index contributed by atoms with van der Waals surface area (Å²) in [6.07, 6.45) is 1.14. The summed E-state index contributed by atoms with van der Waals surface area (Å²) in [7, 11) is 0. The van der Waals surface area contributed by atoms with Crippen molar-refractivity contribution in [2.45, 2.75) is 33.1 Å². The van der Waals surface area contributed by atoms with Crippen LogP contribution in [0.3, 0.4) is 0 Å². The van der Waals surface area contributed by atoms with Gasteiger partial charge in [0.25, 0.3) is 0 Å². The fourth-order valence-corrected chi connectivity index (χ4v) is 1.75. The molecule has 0 saturated carbocycles. The van der Waals surface area contributed by atoms with Gasteiger partial charge in [0.2, 0.25) is 5.91 Å². The zero-order valence-corrected chi connectivity index (χ0v) is 11.9. The molecule has 5 heteroatoms. The van der Waals surface area contributed by atoms with Gasteiger partial charge in [-0.15, -0.1) is 0 Å². The van der Waals surface area contributed by atoms with E-state index in [0.717, 1.165) is 12.2 Å². The lowest BCUT2D eigenvalue weighted by Gasteiger charge is -2.10. The van der Waals surface area contributed by atoms with Crippen molar-refractivity contribution in [2.24, 2.45) is 5.92 Å². The molecular weight excluding hydrogens is 258 g/mol. The van der Waals surface area contributed by atoms with Crippen LogP contribution in [0.5, 0.6) is 5.75 Å². The van der Waals surface area contributed by atoms with Crippen molar-refractivity contribution in [1.29, 1.82) is 0 Å². The molecular formula is C15H21NO4. The Hall–Kier alpha value is -2.04. The number of carboxylic acid groups (broad SMARTS) is 1. The third kappa shape index (κ3) is 6.22. The molecule has 0 aliphatic rings. The van der Waals surface area contributed by atoms with Crippen LogP contribution < -0.4 is 10.1 Å². The Morgan fingerprint density at radius 1 is 1.25 bits per heavy atom. The maximum absolute atomic E-state index is 11.7. The molecule has 1 rings (SSSR count). The van der Waals surface area contributed by atoms with Gasteiger partial charge in [-0.3, -0.25) is 9.59 Å². The lowest BCUT2D eigenvalue weighted by molar-refractivity contribution is -0.138. The zero-order valence-electron chi connectivity index (χ0n) is 11.9. The minimum absolute atomic E-state index is 0.00276. The second-order valence-corrected chi connectivity index (χ2v) is 4.83. The highest BCUT2D eigenvalue weighted by atomic mass is 16.5. The van der Waals surface area contributed by atoms with E-state index in [1.165, 1.54) is 0 Å². The number of amides is 1. The minimum atomic E-state index is -0.886. The van der Waals surface area contributed by atoms with Gasteiger partial charge in [0.15, 0.2) is 0 Å². The molecule has 0 heterocycles. The molecule has 1 aromatic rings. The van der Waals surface area contributed by atoms with Gasteiger partial charge in [0.05, 0.1) is 6.61 Å². The Labute approximate surface area is 118 Å². The van der Waals surface area contributed by atoms with Gasteiger partial charge < -0.3 is 15.2 Å². The topological polar surface area (TPSA) is 75.6 Å². The van der Waals surface area contributed by atoms with E-state index < -0.39 is 5.97 Å². The van der Waals surface area contributed by atoms with E-state index in [1.807, 2.05) is 6.92 Å². The molecule has 5 nitrogen and oxygen atoms in total. The van der Waals surface area contributed by atoms with Gasteiger partial charge in [0, 0.05) is 18.5 Å². The van der Waals surface area contributed by atoms with Crippen LogP contribution in [0.2, 0.25) is 0 Å². The number of carbonyl (C=O) groups is 2. The summed E-state index contributed by atoms with van der Waals surface area (Å²) in [5, 5.41) is 11.4. The van der Waals surface area contributed by atoms with Crippen LogP contribution in [0.15, 0.2) is 24.3 Å². The molecule has 0 spiro atoms. The third-order valence-electron chi connectivity index (χ3n) is 2.67. The number of nitrogens with one attached hydrogen (secondary N) is 1. The van der Waals surface area contributed by atoms with E-state index in [1.54, 1.807) is 31.2 Å². The molecule has 0 aromatic heterocycles. The fourth-order valence-electron chi connectivity index (χ4n) is 1.75. The van der Waals surface area contributed by atoms with E-state index in [-0.39, 0.29) is 24.7 Å². The van der Waals surface area contributed by atoms with Crippen molar-refractivity contribution in [2.75, 3.05) is 11.9 Å². The molecule has 0 saturated heterocycles. The highest BCUT2D eigenvalue weighted by molar-refractivity contribution is 5.91. The maximum atomic E-state index is 11.7. The Kier molecular flexibility index (Phi) is 6.56. The lowest BCUT2D eigenvalue weighted by atomic mass is 10.0. The lowest BCUT2D eigenvalue weighted by Crippen LogP contribution is -2.16. The first kappa shape index (κ1) is 16.0. The molecule has 0 radical (unpaired) electrons. The fraction of sp³-hybridized carbons (Fsp3) is 0.467. The molecule has 20 heavy (non-hydrogen) atoms. The van der Waals surface area contributed by atoms with Gasteiger partial charge in [0.1, 0.15) is 5.75 Å². The predicted octanol–water partition coefficient (Wildman–Crippen LogP) is 2.91. The van der Waals surface area contributed by atoms with Crippen molar-refractivity contribution in [3.63, 3.8) is 0 Å². The van der Waals surface area contributed by atoms with E-state index in [2.05, 4.69) is 5.32 Å². The molecule has 0 aliphatic heterocycles. The van der Waals surface area contributed by atoms with Crippen molar-refractivity contribution in [1.82, 2.24) is 0 Å². The van der Waals surface area contributed by atoms with Crippen LogP contribution in [0, 0.1) is 5.92 Å². The molecule has 0 bridgehead atoms. The molecule has 0 fully saturated rings. The van der Waals surface area contributed by atoms with Crippen molar-refractivity contribution >= 4 is 17.6 Å². The van der Waals surface area contributed by atoms with Crippen molar-refractivity contribution in [3.05, 3.63) is 24.3 Å². The molecule has 1 aromatic carbocycles. The number of aliphatic carboxylic acids is 1. The Morgan fingerprint density at radius 3 is 2.45 bits per heavy atom. The quantitative estimate of drug-likeness (QED) is 0.767. The first-order valence-corrected chi connectivity index (χ1v) is 6.75. The standard InChI is InChI=1S/C15H21NO4/c1-3-8-20-13-6-4-12(5-7-13)16-14(17)9-11(2)10-15(18)19/h4-7,11H,3,8-10H2,1-2H3,(H,16,17)(H,18,19)/t11-/m1/s1.